The molecule has 0 atom stereocenters. The summed E-state index contributed by atoms with van der Waals surface area (Å²) < 4.78 is 1.67. The molecule has 0 aliphatic carbocycles. The lowest BCUT2D eigenvalue weighted by Gasteiger charge is -2.02. The molecule has 2 heterocycles. The van der Waals surface area contributed by atoms with Crippen LogP contribution in [0.4, 0.5) is 5.95 Å². The first-order chi connectivity index (χ1) is 8.26. The summed E-state index contributed by atoms with van der Waals surface area (Å²) in [4.78, 5) is 8.63. The Morgan fingerprint density at radius 2 is 2.24 bits per heavy atom. The number of aromatic nitrogens is 4. The average molecular weight is 229 g/mol. The lowest BCUT2D eigenvalue weighted by atomic mass is 10.3. The maximum absolute atomic E-state index is 4.37. The number of aryl methyl sites for hydroxylation is 1. The van der Waals surface area contributed by atoms with Crippen molar-refractivity contribution in [1.82, 2.24) is 19.6 Å². The fourth-order valence-corrected chi connectivity index (χ4v) is 1.52. The first-order valence-corrected chi connectivity index (χ1v) is 5.65. The van der Waals surface area contributed by atoms with Crippen LogP contribution >= 0.6 is 0 Å². The van der Waals surface area contributed by atoms with Crippen LogP contribution in [0, 0.1) is 18.8 Å². The molecule has 5 nitrogen and oxygen atoms in total. The first kappa shape index (κ1) is 11.4. The zero-order chi connectivity index (χ0) is 12.3. The summed E-state index contributed by atoms with van der Waals surface area (Å²) in [6, 6.07) is 0. The van der Waals surface area contributed by atoms with Crippen molar-refractivity contribution in [3.63, 3.8) is 0 Å². The van der Waals surface area contributed by atoms with Gasteiger partial charge in [-0.15, -0.1) is 0 Å². The van der Waals surface area contributed by atoms with Gasteiger partial charge in [0.15, 0.2) is 5.65 Å². The standard InChI is InChI=1S/C12H15N5/c1-4-5-6-7-10-8-14-17-11(10)15-9(2)16-12(17)13-3/h8H,4-5H2,1-3H3,(H,13,15,16). The largest absolute Gasteiger partial charge is 0.357 e. The van der Waals surface area contributed by atoms with E-state index in [4.69, 9.17) is 0 Å². The van der Waals surface area contributed by atoms with Crippen molar-refractivity contribution >= 4 is 11.6 Å². The number of fused-ring (bicyclic) bond motifs is 1. The van der Waals surface area contributed by atoms with Gasteiger partial charge in [0.05, 0.1) is 11.8 Å². The maximum Gasteiger partial charge on any atom is 0.227 e. The second-order valence-corrected chi connectivity index (χ2v) is 3.69. The van der Waals surface area contributed by atoms with Crippen LogP contribution in [0.5, 0.6) is 0 Å². The molecule has 0 aromatic carbocycles. The topological polar surface area (TPSA) is 55.1 Å². The zero-order valence-corrected chi connectivity index (χ0v) is 10.3. The van der Waals surface area contributed by atoms with E-state index in [0.717, 1.165) is 24.1 Å². The molecule has 0 fully saturated rings. The van der Waals surface area contributed by atoms with Crippen LogP contribution in [-0.2, 0) is 0 Å². The third kappa shape index (κ3) is 2.21. The van der Waals surface area contributed by atoms with E-state index in [1.54, 1.807) is 10.7 Å². The van der Waals surface area contributed by atoms with Crippen LogP contribution in [0.2, 0.25) is 0 Å². The minimum Gasteiger partial charge on any atom is -0.357 e. The van der Waals surface area contributed by atoms with E-state index in [1.807, 2.05) is 14.0 Å². The Balaban J connectivity index is 2.53. The molecule has 2 aromatic rings. The molecule has 2 rings (SSSR count). The first-order valence-electron chi connectivity index (χ1n) is 5.65. The van der Waals surface area contributed by atoms with Gasteiger partial charge in [-0.2, -0.15) is 14.6 Å². The number of rotatable bonds is 2. The minimum atomic E-state index is 0.677. The van der Waals surface area contributed by atoms with Crippen LogP contribution in [0.25, 0.3) is 5.65 Å². The quantitative estimate of drug-likeness (QED) is 0.795. The zero-order valence-electron chi connectivity index (χ0n) is 10.3. The van der Waals surface area contributed by atoms with Crippen LogP contribution in [0.15, 0.2) is 6.20 Å². The fourth-order valence-electron chi connectivity index (χ4n) is 1.52. The van der Waals surface area contributed by atoms with Gasteiger partial charge in [-0.05, 0) is 13.3 Å². The second-order valence-electron chi connectivity index (χ2n) is 3.69. The third-order valence-electron chi connectivity index (χ3n) is 2.30. The molecule has 0 bridgehead atoms. The van der Waals surface area contributed by atoms with Crippen molar-refractivity contribution in [1.29, 1.82) is 0 Å². The van der Waals surface area contributed by atoms with E-state index < -0.39 is 0 Å². The van der Waals surface area contributed by atoms with Crippen LogP contribution < -0.4 is 5.32 Å². The van der Waals surface area contributed by atoms with Crippen molar-refractivity contribution in [2.45, 2.75) is 26.7 Å². The molecule has 5 heteroatoms. The van der Waals surface area contributed by atoms with Gasteiger partial charge < -0.3 is 5.32 Å². The number of nitrogens with one attached hydrogen (secondary N) is 1. The van der Waals surface area contributed by atoms with Crippen LogP contribution in [0.3, 0.4) is 0 Å². The molecule has 1 N–H and O–H groups in total. The predicted molar refractivity (Wildman–Crippen MR) is 66.9 cm³/mol. The number of hydrogen-bond donors (Lipinski definition) is 1. The van der Waals surface area contributed by atoms with Gasteiger partial charge in [0.2, 0.25) is 5.95 Å². The predicted octanol–water partition coefficient (Wildman–Crippen LogP) is 1.63. The van der Waals surface area contributed by atoms with Crippen molar-refractivity contribution in [3.05, 3.63) is 17.6 Å². The molecule has 0 amide bonds. The summed E-state index contributed by atoms with van der Waals surface area (Å²) in [6.07, 6.45) is 3.68. The highest BCUT2D eigenvalue weighted by Crippen LogP contribution is 2.11. The van der Waals surface area contributed by atoms with Crippen molar-refractivity contribution in [2.24, 2.45) is 0 Å². The molecule has 88 valence electrons. The molecule has 2 aromatic heterocycles. The third-order valence-corrected chi connectivity index (χ3v) is 2.30. The SMILES string of the molecule is CCCC#Cc1cnn2c(NC)nc(C)nc12. The highest BCUT2D eigenvalue weighted by molar-refractivity contribution is 5.58. The Morgan fingerprint density at radius 1 is 1.41 bits per heavy atom. The fraction of sp³-hybridized carbons (Fsp3) is 0.417. The summed E-state index contributed by atoms with van der Waals surface area (Å²) in [7, 11) is 1.81. The number of hydrogen-bond acceptors (Lipinski definition) is 4. The molecule has 0 spiro atoms. The molecule has 0 radical (unpaired) electrons. The normalized spacial score (nSPS) is 10.1. The van der Waals surface area contributed by atoms with Gasteiger partial charge in [0, 0.05) is 13.5 Å². The van der Waals surface area contributed by atoms with E-state index >= 15 is 0 Å². The molecular weight excluding hydrogens is 214 g/mol. The molecule has 0 saturated heterocycles. The molecule has 17 heavy (non-hydrogen) atoms. The lowest BCUT2D eigenvalue weighted by molar-refractivity contribution is 0.877. The van der Waals surface area contributed by atoms with Gasteiger partial charge in [0.25, 0.3) is 0 Å². The smallest absolute Gasteiger partial charge is 0.227 e. The van der Waals surface area contributed by atoms with Gasteiger partial charge in [-0.1, -0.05) is 18.8 Å². The van der Waals surface area contributed by atoms with Gasteiger partial charge in [0.1, 0.15) is 5.82 Å². The van der Waals surface area contributed by atoms with E-state index in [9.17, 15) is 0 Å². The number of nitrogens with zero attached hydrogens (tertiary/aromatic N) is 4. The summed E-state index contributed by atoms with van der Waals surface area (Å²) in [5, 5.41) is 7.23. The number of anilines is 1. The summed E-state index contributed by atoms with van der Waals surface area (Å²) in [5.74, 6) is 7.58. The summed E-state index contributed by atoms with van der Waals surface area (Å²) in [5.41, 5.74) is 1.60. The van der Waals surface area contributed by atoms with Gasteiger partial charge >= 0.3 is 0 Å². The minimum absolute atomic E-state index is 0.677. The van der Waals surface area contributed by atoms with E-state index in [2.05, 4.69) is 39.1 Å². The Morgan fingerprint density at radius 3 is 2.94 bits per heavy atom. The van der Waals surface area contributed by atoms with E-state index in [0.29, 0.717) is 11.8 Å². The lowest BCUT2D eigenvalue weighted by Crippen LogP contribution is -2.05. The number of unbranched alkanes of at least 4 members (excludes halogenated alkanes) is 1. The molecule has 0 aliphatic heterocycles. The Kier molecular flexibility index (Phi) is 3.24. The van der Waals surface area contributed by atoms with Crippen molar-refractivity contribution in [2.75, 3.05) is 12.4 Å². The Labute approximate surface area is 100 Å². The monoisotopic (exact) mass is 229 g/mol. The van der Waals surface area contributed by atoms with Crippen molar-refractivity contribution < 1.29 is 0 Å². The van der Waals surface area contributed by atoms with Gasteiger partial charge in [-0.3, -0.25) is 0 Å². The second kappa shape index (κ2) is 4.83. The van der Waals surface area contributed by atoms with Crippen LogP contribution in [0.1, 0.15) is 31.2 Å². The van der Waals surface area contributed by atoms with E-state index in [-0.39, 0.29) is 0 Å². The highest BCUT2D eigenvalue weighted by Gasteiger charge is 2.08. The average Bonchev–Trinajstić information content (AvgIpc) is 2.72. The Hall–Kier alpha value is -2.09. The molecule has 0 aliphatic rings. The van der Waals surface area contributed by atoms with Crippen LogP contribution in [-0.4, -0.2) is 26.6 Å². The maximum atomic E-state index is 4.37. The highest BCUT2D eigenvalue weighted by atomic mass is 15.3. The molecule has 0 saturated carbocycles. The molecule has 0 unspecified atom stereocenters. The Bertz CT molecular complexity index is 588. The van der Waals surface area contributed by atoms with Crippen molar-refractivity contribution in [3.8, 4) is 11.8 Å². The molecular formula is C12H15N5. The van der Waals surface area contributed by atoms with E-state index in [1.165, 1.54) is 0 Å². The summed E-state index contributed by atoms with van der Waals surface area (Å²) >= 11 is 0. The summed E-state index contributed by atoms with van der Waals surface area (Å²) in [6.45, 7) is 3.97. The van der Waals surface area contributed by atoms with Gasteiger partial charge in [-0.25, -0.2) is 4.98 Å².